The highest BCUT2D eigenvalue weighted by Crippen LogP contribution is 2.31. The first-order valence-electron chi connectivity index (χ1n) is 8.27. The van der Waals surface area contributed by atoms with Crippen LogP contribution < -0.4 is 0 Å². The van der Waals surface area contributed by atoms with E-state index < -0.39 is 0 Å². The fourth-order valence-corrected chi connectivity index (χ4v) is 2.89. The molecule has 3 nitrogen and oxygen atoms in total. The third-order valence-corrected chi connectivity index (χ3v) is 4.34. The van der Waals surface area contributed by atoms with Gasteiger partial charge in [-0.3, -0.25) is 4.90 Å². The summed E-state index contributed by atoms with van der Waals surface area (Å²) < 4.78 is 19.8. The molecule has 24 heavy (non-hydrogen) atoms. The minimum atomic E-state index is -0.152. The van der Waals surface area contributed by atoms with Crippen molar-refractivity contribution < 1.29 is 8.81 Å². The van der Waals surface area contributed by atoms with Crippen LogP contribution in [0, 0.1) is 5.82 Å². The lowest BCUT2D eigenvalue weighted by Crippen LogP contribution is -2.25. The standard InChI is InChI=1S/C20H19FN2O/c21-18-9-5-4-8-16(18)13-23(17-10-11-17)14-20-22-12-19(24-20)15-6-2-1-3-7-15/h1-9,12,17H,10-11,13-14H2. The summed E-state index contributed by atoms with van der Waals surface area (Å²) in [4.78, 5) is 6.65. The Bertz CT molecular complexity index is 811. The molecule has 0 bridgehead atoms. The number of oxazole rings is 1. The van der Waals surface area contributed by atoms with E-state index in [-0.39, 0.29) is 5.82 Å². The largest absolute Gasteiger partial charge is 0.439 e. The van der Waals surface area contributed by atoms with Crippen LogP contribution in [0.4, 0.5) is 4.39 Å². The molecular weight excluding hydrogens is 303 g/mol. The van der Waals surface area contributed by atoms with E-state index in [0.717, 1.165) is 29.7 Å². The number of halogens is 1. The number of hydrogen-bond donors (Lipinski definition) is 0. The average Bonchev–Trinajstić information content (AvgIpc) is 3.36. The molecule has 122 valence electrons. The van der Waals surface area contributed by atoms with Gasteiger partial charge in [0.1, 0.15) is 5.82 Å². The lowest BCUT2D eigenvalue weighted by atomic mass is 10.2. The summed E-state index contributed by atoms with van der Waals surface area (Å²) in [5.41, 5.74) is 1.74. The first kappa shape index (κ1) is 15.1. The van der Waals surface area contributed by atoms with Gasteiger partial charge in [-0.25, -0.2) is 9.37 Å². The van der Waals surface area contributed by atoms with Gasteiger partial charge in [-0.05, 0) is 18.9 Å². The second kappa shape index (κ2) is 6.57. The van der Waals surface area contributed by atoms with Gasteiger partial charge in [0.25, 0.3) is 0 Å². The van der Waals surface area contributed by atoms with Crippen LogP contribution in [0.3, 0.4) is 0 Å². The van der Waals surface area contributed by atoms with Crippen molar-refractivity contribution in [2.45, 2.75) is 32.0 Å². The summed E-state index contributed by atoms with van der Waals surface area (Å²) in [6, 6.07) is 17.4. The predicted octanol–water partition coefficient (Wildman–Crippen LogP) is 4.65. The van der Waals surface area contributed by atoms with Crippen LogP contribution >= 0.6 is 0 Å². The van der Waals surface area contributed by atoms with Crippen LogP contribution in [0.15, 0.2) is 65.2 Å². The van der Waals surface area contributed by atoms with Gasteiger partial charge in [0.15, 0.2) is 5.76 Å². The highest BCUT2D eigenvalue weighted by Gasteiger charge is 2.30. The average molecular weight is 322 g/mol. The number of aromatic nitrogens is 1. The van der Waals surface area contributed by atoms with E-state index in [1.165, 1.54) is 6.07 Å². The van der Waals surface area contributed by atoms with Crippen LogP contribution in [0.2, 0.25) is 0 Å². The third-order valence-electron chi connectivity index (χ3n) is 4.34. The van der Waals surface area contributed by atoms with Crippen molar-refractivity contribution in [3.8, 4) is 11.3 Å². The molecular formula is C20H19FN2O. The lowest BCUT2D eigenvalue weighted by molar-refractivity contribution is 0.218. The molecule has 1 aliphatic rings. The molecule has 0 amide bonds. The van der Waals surface area contributed by atoms with Gasteiger partial charge in [-0.15, -0.1) is 0 Å². The van der Waals surface area contributed by atoms with Crippen molar-refractivity contribution in [2.75, 3.05) is 0 Å². The second-order valence-electron chi connectivity index (χ2n) is 6.21. The smallest absolute Gasteiger partial charge is 0.209 e. The molecule has 1 aliphatic carbocycles. The summed E-state index contributed by atoms with van der Waals surface area (Å²) in [6.45, 7) is 1.19. The normalized spacial score (nSPS) is 14.2. The van der Waals surface area contributed by atoms with Crippen molar-refractivity contribution in [2.24, 2.45) is 0 Å². The van der Waals surface area contributed by atoms with Gasteiger partial charge in [0.2, 0.25) is 5.89 Å². The molecule has 4 rings (SSSR count). The molecule has 0 saturated heterocycles. The topological polar surface area (TPSA) is 29.3 Å². The summed E-state index contributed by atoms with van der Waals surface area (Å²) in [5.74, 6) is 1.30. The van der Waals surface area contributed by atoms with Crippen LogP contribution in [0.1, 0.15) is 24.3 Å². The van der Waals surface area contributed by atoms with Crippen molar-refractivity contribution in [3.05, 3.63) is 78.1 Å². The number of nitrogens with zero attached hydrogens (tertiary/aromatic N) is 2. The number of rotatable bonds is 6. The van der Waals surface area contributed by atoms with E-state index in [1.807, 2.05) is 42.5 Å². The molecule has 0 aliphatic heterocycles. The molecule has 0 unspecified atom stereocenters. The Balaban J connectivity index is 1.50. The highest BCUT2D eigenvalue weighted by atomic mass is 19.1. The minimum Gasteiger partial charge on any atom is -0.439 e. The van der Waals surface area contributed by atoms with E-state index in [1.54, 1.807) is 12.3 Å². The van der Waals surface area contributed by atoms with Crippen molar-refractivity contribution in [1.29, 1.82) is 0 Å². The Kier molecular flexibility index (Phi) is 4.13. The fourth-order valence-electron chi connectivity index (χ4n) is 2.89. The monoisotopic (exact) mass is 322 g/mol. The molecule has 0 radical (unpaired) electrons. The molecule has 1 saturated carbocycles. The molecule has 0 N–H and O–H groups in total. The van der Waals surface area contributed by atoms with Gasteiger partial charge in [0.05, 0.1) is 12.7 Å². The zero-order valence-corrected chi connectivity index (χ0v) is 13.4. The lowest BCUT2D eigenvalue weighted by Gasteiger charge is -2.20. The molecule has 1 aromatic heterocycles. The zero-order valence-electron chi connectivity index (χ0n) is 13.4. The van der Waals surface area contributed by atoms with Crippen molar-refractivity contribution in [1.82, 2.24) is 9.88 Å². The van der Waals surface area contributed by atoms with Crippen LogP contribution in [0.5, 0.6) is 0 Å². The first-order valence-corrected chi connectivity index (χ1v) is 8.27. The predicted molar refractivity (Wildman–Crippen MR) is 90.6 cm³/mol. The van der Waals surface area contributed by atoms with Gasteiger partial charge in [0, 0.05) is 23.7 Å². The van der Waals surface area contributed by atoms with Gasteiger partial charge in [-0.2, -0.15) is 0 Å². The van der Waals surface area contributed by atoms with E-state index in [4.69, 9.17) is 4.42 Å². The van der Waals surface area contributed by atoms with E-state index in [0.29, 0.717) is 25.0 Å². The maximum atomic E-state index is 13.9. The Morgan fingerprint density at radius 3 is 2.50 bits per heavy atom. The van der Waals surface area contributed by atoms with E-state index in [9.17, 15) is 4.39 Å². The number of benzene rings is 2. The first-order chi connectivity index (χ1) is 11.8. The fraction of sp³-hybridized carbons (Fsp3) is 0.250. The molecule has 4 heteroatoms. The summed E-state index contributed by atoms with van der Waals surface area (Å²) in [7, 11) is 0. The van der Waals surface area contributed by atoms with Crippen LogP contribution in [-0.2, 0) is 13.1 Å². The number of hydrogen-bond acceptors (Lipinski definition) is 3. The Morgan fingerprint density at radius 2 is 1.75 bits per heavy atom. The quantitative estimate of drug-likeness (QED) is 0.662. The van der Waals surface area contributed by atoms with Crippen LogP contribution in [-0.4, -0.2) is 15.9 Å². The van der Waals surface area contributed by atoms with E-state index >= 15 is 0 Å². The Morgan fingerprint density at radius 1 is 1.00 bits per heavy atom. The summed E-state index contributed by atoms with van der Waals surface area (Å²) in [5, 5.41) is 0. The molecule has 0 atom stereocenters. The summed E-state index contributed by atoms with van der Waals surface area (Å²) in [6.07, 6.45) is 4.07. The van der Waals surface area contributed by atoms with E-state index in [2.05, 4.69) is 9.88 Å². The minimum absolute atomic E-state index is 0.152. The Hall–Kier alpha value is -2.46. The third kappa shape index (κ3) is 3.39. The zero-order chi connectivity index (χ0) is 16.4. The second-order valence-corrected chi connectivity index (χ2v) is 6.21. The summed E-state index contributed by atoms with van der Waals surface area (Å²) >= 11 is 0. The van der Waals surface area contributed by atoms with Gasteiger partial charge < -0.3 is 4.42 Å². The molecule has 3 aromatic rings. The van der Waals surface area contributed by atoms with Crippen molar-refractivity contribution >= 4 is 0 Å². The highest BCUT2D eigenvalue weighted by molar-refractivity contribution is 5.55. The molecule has 1 fully saturated rings. The van der Waals surface area contributed by atoms with Crippen LogP contribution in [0.25, 0.3) is 11.3 Å². The molecule has 1 heterocycles. The maximum absolute atomic E-state index is 13.9. The Labute approximate surface area is 140 Å². The van der Waals surface area contributed by atoms with Gasteiger partial charge in [-0.1, -0.05) is 48.5 Å². The molecule has 2 aromatic carbocycles. The molecule has 0 spiro atoms. The van der Waals surface area contributed by atoms with Crippen molar-refractivity contribution in [3.63, 3.8) is 0 Å². The van der Waals surface area contributed by atoms with Gasteiger partial charge >= 0.3 is 0 Å². The maximum Gasteiger partial charge on any atom is 0.209 e. The SMILES string of the molecule is Fc1ccccc1CN(Cc1ncc(-c2ccccc2)o1)C1CC1.